The molecule has 4 rings (SSSR count). The van der Waals surface area contributed by atoms with E-state index in [0.29, 0.717) is 23.3 Å². The fraction of sp³-hybridized carbons (Fsp3) is 0.0400. The van der Waals surface area contributed by atoms with Crippen molar-refractivity contribution in [2.45, 2.75) is 6.18 Å². The van der Waals surface area contributed by atoms with Crippen molar-refractivity contribution in [3.63, 3.8) is 0 Å². The van der Waals surface area contributed by atoms with E-state index >= 15 is 0 Å². The van der Waals surface area contributed by atoms with Gasteiger partial charge in [0.15, 0.2) is 5.01 Å². The van der Waals surface area contributed by atoms with Crippen LogP contribution in [-0.2, 0) is 6.18 Å². The fourth-order valence-electron chi connectivity index (χ4n) is 3.17. The van der Waals surface area contributed by atoms with E-state index in [1.54, 1.807) is 48.5 Å². The summed E-state index contributed by atoms with van der Waals surface area (Å²) in [6.07, 6.45) is -3.39. The Kier molecular flexibility index (Phi) is 7.45. The number of hydrogen-bond donors (Lipinski definition) is 1. The van der Waals surface area contributed by atoms with Crippen LogP contribution in [0.1, 0.15) is 26.5 Å². The highest BCUT2D eigenvalue weighted by Gasteiger charge is 2.33. The number of anilines is 1. The molecule has 1 heterocycles. The first-order valence-corrected chi connectivity index (χ1v) is 11.4. The fourth-order valence-corrected chi connectivity index (χ4v) is 3.88. The highest BCUT2D eigenvalue weighted by molar-refractivity contribution is 7.16. The average Bonchev–Trinajstić information content (AvgIpc) is 3.36. The molecule has 13 heteroatoms. The second-order valence-electron chi connectivity index (χ2n) is 7.48. The van der Waals surface area contributed by atoms with Crippen LogP contribution in [0.4, 0.5) is 24.0 Å². The van der Waals surface area contributed by atoms with Crippen LogP contribution < -0.4 is 10.1 Å². The summed E-state index contributed by atoms with van der Waals surface area (Å²) in [5.41, 5.74) is -1.32. The zero-order valence-corrected chi connectivity index (χ0v) is 19.8. The van der Waals surface area contributed by atoms with Gasteiger partial charge in [0.2, 0.25) is 10.9 Å². The van der Waals surface area contributed by atoms with Crippen molar-refractivity contribution in [1.82, 2.24) is 10.2 Å². The normalized spacial score (nSPS) is 11.5. The molecule has 0 radical (unpaired) electrons. The van der Waals surface area contributed by atoms with E-state index in [2.05, 4.69) is 15.5 Å². The van der Waals surface area contributed by atoms with Crippen LogP contribution in [0.2, 0.25) is 0 Å². The molecule has 0 saturated heterocycles. The van der Waals surface area contributed by atoms with Gasteiger partial charge in [-0.05, 0) is 36.4 Å². The molecule has 0 aliphatic heterocycles. The third-order valence-electron chi connectivity index (χ3n) is 4.95. The summed E-state index contributed by atoms with van der Waals surface area (Å²) in [6.45, 7) is 0. The molecule has 0 bridgehead atoms. The van der Waals surface area contributed by atoms with Gasteiger partial charge in [0.25, 0.3) is 5.91 Å². The monoisotopic (exact) mass is 537 g/mol. The largest absolute Gasteiger partial charge is 0.449 e. The zero-order chi connectivity index (χ0) is 27.3. The lowest BCUT2D eigenvalue weighted by atomic mass is 10.1. The van der Waals surface area contributed by atoms with E-state index in [1.807, 2.05) is 6.07 Å². The summed E-state index contributed by atoms with van der Waals surface area (Å²) in [5, 5.41) is 31.9. The Morgan fingerprint density at radius 2 is 1.76 bits per heavy atom. The molecule has 38 heavy (non-hydrogen) atoms. The van der Waals surface area contributed by atoms with E-state index < -0.39 is 34.0 Å². The molecule has 0 fully saturated rings. The first-order chi connectivity index (χ1) is 18.2. The number of nitro groups is 1. The van der Waals surface area contributed by atoms with Gasteiger partial charge in [-0.3, -0.25) is 20.2 Å². The molecular formula is C25H14F3N5O4S. The van der Waals surface area contributed by atoms with Crippen molar-refractivity contribution in [2.24, 2.45) is 0 Å². The van der Waals surface area contributed by atoms with Gasteiger partial charge in [0, 0.05) is 17.2 Å². The van der Waals surface area contributed by atoms with E-state index in [-0.39, 0.29) is 21.5 Å². The van der Waals surface area contributed by atoms with Crippen LogP contribution in [0, 0.1) is 21.4 Å². The molecule has 0 aliphatic rings. The van der Waals surface area contributed by atoms with Gasteiger partial charge in [-0.15, -0.1) is 10.2 Å². The number of allylic oxidation sites excluding steroid dienone is 1. The Morgan fingerprint density at radius 3 is 2.45 bits per heavy atom. The minimum absolute atomic E-state index is 0.0423. The molecule has 3 aromatic carbocycles. The number of carbonyl (C=O) groups excluding carboxylic acids is 1. The third kappa shape index (κ3) is 6.00. The number of nitriles is 1. The number of aromatic nitrogens is 2. The smallest absolute Gasteiger partial charge is 0.416 e. The Bertz CT molecular complexity index is 1580. The molecular weight excluding hydrogens is 523 g/mol. The molecule has 1 amide bonds. The predicted octanol–water partition coefficient (Wildman–Crippen LogP) is 6.57. The number of nitro benzene ring substituents is 1. The molecule has 0 unspecified atom stereocenters. The summed E-state index contributed by atoms with van der Waals surface area (Å²) in [6, 6.07) is 18.5. The lowest BCUT2D eigenvalue weighted by Crippen LogP contribution is -2.11. The number of rotatable bonds is 7. The second kappa shape index (κ2) is 10.9. The Morgan fingerprint density at radius 1 is 1.05 bits per heavy atom. The van der Waals surface area contributed by atoms with Gasteiger partial charge in [0.1, 0.15) is 11.8 Å². The molecule has 0 atom stereocenters. The number of alkyl halides is 3. The average molecular weight is 537 g/mol. The third-order valence-corrected chi connectivity index (χ3v) is 5.83. The molecule has 1 aromatic heterocycles. The maximum absolute atomic E-state index is 13.0. The second-order valence-corrected chi connectivity index (χ2v) is 8.46. The van der Waals surface area contributed by atoms with Gasteiger partial charge in [0.05, 0.1) is 16.1 Å². The maximum Gasteiger partial charge on any atom is 0.416 e. The van der Waals surface area contributed by atoms with Gasteiger partial charge < -0.3 is 4.74 Å². The van der Waals surface area contributed by atoms with Crippen molar-refractivity contribution in [3.05, 3.63) is 105 Å². The molecule has 0 aliphatic carbocycles. The lowest BCUT2D eigenvalue weighted by Gasteiger charge is -2.11. The van der Waals surface area contributed by atoms with Crippen LogP contribution >= 0.6 is 11.3 Å². The molecule has 0 spiro atoms. The van der Waals surface area contributed by atoms with Crippen LogP contribution in [-0.4, -0.2) is 21.0 Å². The first kappa shape index (κ1) is 26.0. The molecule has 9 nitrogen and oxygen atoms in total. The molecule has 190 valence electrons. The quantitative estimate of drug-likeness (QED) is 0.160. The van der Waals surface area contributed by atoms with Crippen LogP contribution in [0.25, 0.3) is 11.6 Å². The van der Waals surface area contributed by atoms with Crippen LogP contribution in [0.5, 0.6) is 11.5 Å². The maximum atomic E-state index is 13.0. The molecule has 4 aromatic rings. The molecule has 1 N–H and O–H groups in total. The minimum Gasteiger partial charge on any atom is -0.449 e. The zero-order valence-electron chi connectivity index (χ0n) is 19.0. The van der Waals surface area contributed by atoms with Crippen molar-refractivity contribution < 1.29 is 27.6 Å². The van der Waals surface area contributed by atoms with Crippen LogP contribution in [0.15, 0.2) is 72.8 Å². The van der Waals surface area contributed by atoms with E-state index in [0.717, 1.165) is 17.4 Å². The SMILES string of the molecule is N#C/C(=C/c1ccccc1Oc1ccc(C(F)(F)F)cc1[N+](=O)[O-])c1nnc(NC(=O)c2ccccc2)s1. The number of nitrogens with zero attached hydrogens (tertiary/aromatic N) is 4. The highest BCUT2D eigenvalue weighted by atomic mass is 32.1. The van der Waals surface area contributed by atoms with Gasteiger partial charge >= 0.3 is 11.9 Å². The summed E-state index contributed by atoms with van der Waals surface area (Å²) in [7, 11) is 0. The number of para-hydroxylation sites is 1. The standard InChI is InChI=1S/C25H14F3N5O4S/c26-25(27,28)18-10-11-21(19(13-18)33(35)36)37-20-9-5-4-8-16(20)12-17(14-29)23-31-32-24(38-23)30-22(34)15-6-2-1-3-7-15/h1-13H,(H,30,32,34)/b17-12-. The van der Waals surface area contributed by atoms with Crippen molar-refractivity contribution in [2.75, 3.05) is 5.32 Å². The highest BCUT2D eigenvalue weighted by Crippen LogP contribution is 2.39. The van der Waals surface area contributed by atoms with Gasteiger partial charge in [-0.2, -0.15) is 18.4 Å². The minimum atomic E-state index is -4.77. The van der Waals surface area contributed by atoms with Crippen LogP contribution in [0.3, 0.4) is 0 Å². The van der Waals surface area contributed by atoms with Gasteiger partial charge in [-0.1, -0.05) is 47.7 Å². The number of hydrogen-bond acceptors (Lipinski definition) is 8. The van der Waals surface area contributed by atoms with E-state index in [1.165, 1.54) is 12.1 Å². The van der Waals surface area contributed by atoms with Crippen molar-refractivity contribution in [1.29, 1.82) is 5.26 Å². The number of benzene rings is 3. The Labute approximate surface area is 216 Å². The number of carbonyl (C=O) groups is 1. The topological polar surface area (TPSA) is 131 Å². The summed E-state index contributed by atoms with van der Waals surface area (Å²) in [5.74, 6) is -0.776. The number of amides is 1. The number of halogens is 3. The summed E-state index contributed by atoms with van der Waals surface area (Å²) < 4.78 is 44.7. The summed E-state index contributed by atoms with van der Waals surface area (Å²) in [4.78, 5) is 22.8. The summed E-state index contributed by atoms with van der Waals surface area (Å²) >= 11 is 0.946. The Balaban J connectivity index is 1.61. The number of ether oxygens (including phenoxy) is 1. The number of nitrogens with one attached hydrogen (secondary N) is 1. The van der Waals surface area contributed by atoms with Crippen molar-refractivity contribution in [3.8, 4) is 17.6 Å². The predicted molar refractivity (Wildman–Crippen MR) is 132 cm³/mol. The van der Waals surface area contributed by atoms with E-state index in [9.17, 15) is 33.3 Å². The molecule has 0 saturated carbocycles. The van der Waals surface area contributed by atoms with Gasteiger partial charge in [-0.25, -0.2) is 0 Å². The lowest BCUT2D eigenvalue weighted by molar-refractivity contribution is -0.385. The van der Waals surface area contributed by atoms with E-state index in [4.69, 9.17) is 4.74 Å². The Hall–Kier alpha value is -5.09. The van der Waals surface area contributed by atoms with Crippen molar-refractivity contribution >= 4 is 39.7 Å². The first-order valence-electron chi connectivity index (χ1n) is 10.6.